The zero-order valence-corrected chi connectivity index (χ0v) is 16.3. The first-order chi connectivity index (χ1) is 12.7. The molecule has 3 aliphatic rings. The number of aryl methyl sites for hydroxylation is 1. The van der Waals surface area contributed by atoms with Gasteiger partial charge in [-0.05, 0) is 48.8 Å². The number of hydrogen-bond acceptors (Lipinski definition) is 5. The summed E-state index contributed by atoms with van der Waals surface area (Å²) in [5.74, 6) is 1.95. The lowest BCUT2D eigenvalue weighted by Gasteiger charge is -2.47. The Morgan fingerprint density at radius 3 is 2.63 bits per heavy atom. The van der Waals surface area contributed by atoms with Crippen molar-refractivity contribution < 1.29 is 4.39 Å². The third-order valence-electron chi connectivity index (χ3n) is 6.31. The van der Waals surface area contributed by atoms with Crippen LogP contribution in [-0.2, 0) is 0 Å². The van der Waals surface area contributed by atoms with Gasteiger partial charge in [0.25, 0.3) is 0 Å². The molecular weight excluding hydrogens is 341 g/mol. The summed E-state index contributed by atoms with van der Waals surface area (Å²) in [6, 6.07) is 6.86. The quantitative estimate of drug-likeness (QED) is 0.770. The molecule has 0 spiro atoms. The highest BCUT2D eigenvalue weighted by molar-refractivity contribution is 5.87. The van der Waals surface area contributed by atoms with E-state index in [4.69, 9.17) is 5.41 Å². The van der Waals surface area contributed by atoms with Gasteiger partial charge in [-0.1, -0.05) is 20.8 Å². The molecule has 5 rings (SSSR count). The van der Waals surface area contributed by atoms with E-state index >= 15 is 0 Å². The van der Waals surface area contributed by atoms with E-state index in [1.165, 1.54) is 25.0 Å². The SMILES string of the molecule is Cc1nc(Nc2ccc(F)cc2C=N)cc(N2CC3(C(C)(C)C)CC2C3)n1. The van der Waals surface area contributed by atoms with Crippen LogP contribution >= 0.6 is 0 Å². The van der Waals surface area contributed by atoms with Crippen LogP contribution in [0.1, 0.15) is 45.0 Å². The maximum atomic E-state index is 13.4. The number of aromatic nitrogens is 2. The third kappa shape index (κ3) is 2.97. The Kier molecular flexibility index (Phi) is 3.98. The second kappa shape index (κ2) is 6.01. The van der Waals surface area contributed by atoms with Crippen LogP contribution in [0, 0.1) is 29.0 Å². The fraction of sp³-hybridized carbons (Fsp3) is 0.476. The molecule has 27 heavy (non-hydrogen) atoms. The van der Waals surface area contributed by atoms with Crippen LogP contribution in [-0.4, -0.2) is 28.8 Å². The zero-order valence-electron chi connectivity index (χ0n) is 16.3. The molecule has 0 amide bonds. The number of halogens is 1. The number of nitrogens with zero attached hydrogens (tertiary/aromatic N) is 3. The minimum atomic E-state index is -0.358. The van der Waals surface area contributed by atoms with Crippen molar-refractivity contribution >= 4 is 23.5 Å². The molecule has 0 unspecified atom stereocenters. The first kappa shape index (κ1) is 17.9. The lowest BCUT2D eigenvalue weighted by atomic mass is 9.56. The van der Waals surface area contributed by atoms with Gasteiger partial charge in [0.1, 0.15) is 23.3 Å². The first-order valence-corrected chi connectivity index (χ1v) is 9.40. The minimum Gasteiger partial charge on any atom is -0.353 e. The summed E-state index contributed by atoms with van der Waals surface area (Å²) in [4.78, 5) is 11.6. The van der Waals surface area contributed by atoms with Crippen LogP contribution in [0.15, 0.2) is 24.3 Å². The Balaban J connectivity index is 1.61. The van der Waals surface area contributed by atoms with Gasteiger partial charge in [-0.15, -0.1) is 0 Å². The predicted molar refractivity (Wildman–Crippen MR) is 107 cm³/mol. The first-order valence-electron chi connectivity index (χ1n) is 9.40. The van der Waals surface area contributed by atoms with Gasteiger partial charge in [0.2, 0.25) is 0 Å². The average molecular weight is 367 g/mol. The molecule has 2 N–H and O–H groups in total. The highest BCUT2D eigenvalue weighted by Crippen LogP contribution is 2.61. The Morgan fingerprint density at radius 1 is 1.26 bits per heavy atom. The monoisotopic (exact) mass is 367 g/mol. The standard InChI is InChI=1S/C21H26FN5/c1-13-24-18(26-17-6-5-15(22)7-14(17)11-23)8-19(25-13)27-12-21(20(2,3)4)9-16(27)10-21/h5-8,11,16,23H,9-10,12H2,1-4H3,(H,24,25,26). The molecule has 3 heterocycles. The second-order valence-corrected chi connectivity index (χ2v) is 8.88. The molecule has 2 aromatic rings. The molecule has 5 nitrogen and oxygen atoms in total. The van der Waals surface area contributed by atoms with Gasteiger partial charge in [-0.25, -0.2) is 14.4 Å². The van der Waals surface area contributed by atoms with Crippen LogP contribution in [0.2, 0.25) is 0 Å². The molecule has 2 bridgehead atoms. The van der Waals surface area contributed by atoms with E-state index < -0.39 is 0 Å². The van der Waals surface area contributed by atoms with Crippen LogP contribution in [0.4, 0.5) is 21.7 Å². The summed E-state index contributed by atoms with van der Waals surface area (Å²) in [7, 11) is 0. The molecule has 2 aliphatic heterocycles. The number of rotatable bonds is 4. The number of fused-ring (bicyclic) bond motifs is 1. The van der Waals surface area contributed by atoms with Gasteiger partial charge in [0.05, 0.1) is 0 Å². The van der Waals surface area contributed by atoms with Gasteiger partial charge >= 0.3 is 0 Å². The number of nitrogens with one attached hydrogen (secondary N) is 2. The van der Waals surface area contributed by atoms with Crippen molar-refractivity contribution in [2.75, 3.05) is 16.8 Å². The number of benzene rings is 1. The molecule has 0 atom stereocenters. The largest absolute Gasteiger partial charge is 0.353 e. The van der Waals surface area contributed by atoms with Crippen molar-refractivity contribution in [2.24, 2.45) is 10.8 Å². The van der Waals surface area contributed by atoms with Gasteiger partial charge < -0.3 is 15.6 Å². The molecule has 1 aromatic carbocycles. The summed E-state index contributed by atoms with van der Waals surface area (Å²) < 4.78 is 13.4. The lowest BCUT2D eigenvalue weighted by molar-refractivity contribution is 0.0440. The molecule has 3 fully saturated rings. The molecule has 0 radical (unpaired) electrons. The average Bonchev–Trinajstić information content (AvgIpc) is 3.13. The van der Waals surface area contributed by atoms with E-state index in [1.54, 1.807) is 6.07 Å². The Labute approximate surface area is 159 Å². The summed E-state index contributed by atoms with van der Waals surface area (Å²) in [6.07, 6.45) is 3.58. The third-order valence-corrected chi connectivity index (χ3v) is 6.31. The molecule has 142 valence electrons. The molecule has 2 saturated heterocycles. The second-order valence-electron chi connectivity index (χ2n) is 8.88. The van der Waals surface area contributed by atoms with Crippen LogP contribution in [0.3, 0.4) is 0 Å². The van der Waals surface area contributed by atoms with E-state index in [9.17, 15) is 4.39 Å². The van der Waals surface area contributed by atoms with Gasteiger partial charge in [0, 0.05) is 36.1 Å². The smallest absolute Gasteiger partial charge is 0.136 e. The van der Waals surface area contributed by atoms with Gasteiger partial charge in [-0.2, -0.15) is 0 Å². The maximum Gasteiger partial charge on any atom is 0.136 e. The van der Waals surface area contributed by atoms with Crippen molar-refractivity contribution in [3.05, 3.63) is 41.5 Å². The summed E-state index contributed by atoms with van der Waals surface area (Å²) in [5, 5.41) is 10.7. The van der Waals surface area contributed by atoms with E-state index in [0.717, 1.165) is 18.6 Å². The topological polar surface area (TPSA) is 64.9 Å². The van der Waals surface area contributed by atoms with Gasteiger partial charge in [-0.3, -0.25) is 0 Å². The van der Waals surface area contributed by atoms with Crippen LogP contribution in [0.25, 0.3) is 0 Å². The van der Waals surface area contributed by atoms with E-state index in [-0.39, 0.29) is 11.2 Å². The van der Waals surface area contributed by atoms with Crippen molar-refractivity contribution in [3.63, 3.8) is 0 Å². The van der Waals surface area contributed by atoms with Crippen molar-refractivity contribution in [1.82, 2.24) is 9.97 Å². The molecule has 1 aliphatic carbocycles. The van der Waals surface area contributed by atoms with Crippen molar-refractivity contribution in [2.45, 2.75) is 46.6 Å². The van der Waals surface area contributed by atoms with Crippen molar-refractivity contribution in [3.8, 4) is 0 Å². The molecular formula is C21H26FN5. The number of hydrogen-bond donors (Lipinski definition) is 2. The molecule has 1 saturated carbocycles. The molecule has 6 heteroatoms. The van der Waals surface area contributed by atoms with E-state index in [0.29, 0.717) is 34.3 Å². The van der Waals surface area contributed by atoms with Crippen LogP contribution in [0.5, 0.6) is 0 Å². The summed E-state index contributed by atoms with van der Waals surface area (Å²) in [6.45, 7) is 9.91. The fourth-order valence-corrected chi connectivity index (χ4v) is 4.43. The highest BCUT2D eigenvalue weighted by atomic mass is 19.1. The highest BCUT2D eigenvalue weighted by Gasteiger charge is 2.60. The lowest BCUT2D eigenvalue weighted by Crippen LogP contribution is -2.44. The van der Waals surface area contributed by atoms with Gasteiger partial charge in [0.15, 0.2) is 0 Å². The zero-order chi connectivity index (χ0) is 19.4. The van der Waals surface area contributed by atoms with Crippen LogP contribution < -0.4 is 10.2 Å². The van der Waals surface area contributed by atoms with E-state index in [2.05, 4.69) is 41.0 Å². The maximum absolute atomic E-state index is 13.4. The Hall–Kier alpha value is -2.50. The minimum absolute atomic E-state index is 0.286. The summed E-state index contributed by atoms with van der Waals surface area (Å²) >= 11 is 0. The summed E-state index contributed by atoms with van der Waals surface area (Å²) in [5.41, 5.74) is 1.80. The Bertz CT molecular complexity index is 896. The number of anilines is 3. The normalized spacial score (nSPS) is 23.9. The predicted octanol–water partition coefficient (Wildman–Crippen LogP) is 4.68. The molecule has 1 aromatic heterocycles. The Morgan fingerprint density at radius 2 is 2.00 bits per heavy atom. The van der Waals surface area contributed by atoms with E-state index in [1.807, 2.05) is 13.0 Å². The fourth-order valence-electron chi connectivity index (χ4n) is 4.43. The van der Waals surface area contributed by atoms with Crippen molar-refractivity contribution in [1.29, 1.82) is 5.41 Å².